The number of halogens is 1. The number of aliphatic hydroxyl groups is 1. The molecule has 192 valence electrons. The average molecular weight is 522 g/mol. The summed E-state index contributed by atoms with van der Waals surface area (Å²) in [6, 6.07) is 8.04. The number of rotatable bonds is 5. The Bertz CT molecular complexity index is 1410. The molecule has 9 heteroatoms. The van der Waals surface area contributed by atoms with Crippen LogP contribution in [0.5, 0.6) is 0 Å². The fraction of sp³-hybridized carbons (Fsp3) is 0.393. The van der Waals surface area contributed by atoms with Crippen LogP contribution in [0.2, 0.25) is 0 Å². The molecule has 2 fully saturated rings. The summed E-state index contributed by atoms with van der Waals surface area (Å²) in [5.74, 6) is -0.613. The van der Waals surface area contributed by atoms with Gasteiger partial charge in [-0.15, -0.1) is 11.3 Å². The number of nitrogens with one attached hydrogen (secondary N) is 1. The fourth-order valence-corrected chi connectivity index (χ4v) is 6.40. The number of nitrogens with zero attached hydrogens (tertiary/aromatic N) is 2. The zero-order valence-electron chi connectivity index (χ0n) is 20.7. The molecule has 2 aliphatic heterocycles. The maximum absolute atomic E-state index is 15.0. The van der Waals surface area contributed by atoms with Crippen molar-refractivity contribution in [2.75, 3.05) is 31.2 Å². The van der Waals surface area contributed by atoms with E-state index in [2.05, 4.69) is 15.2 Å². The number of benzene rings is 1. The van der Waals surface area contributed by atoms with Gasteiger partial charge in [-0.3, -0.25) is 14.6 Å². The molecule has 1 aromatic carbocycles. The molecule has 2 N–H and O–H groups in total. The van der Waals surface area contributed by atoms with E-state index in [-0.39, 0.29) is 23.2 Å². The lowest BCUT2D eigenvalue weighted by Crippen LogP contribution is -2.51. The second-order valence-corrected chi connectivity index (χ2v) is 11.5. The average Bonchev–Trinajstić information content (AvgIpc) is 3.66. The number of aliphatic hydroxyl groups excluding tert-OH is 1. The Labute approximate surface area is 218 Å². The number of morpholine rings is 1. The molecule has 1 atom stereocenters. The Morgan fingerprint density at radius 3 is 2.70 bits per heavy atom. The number of carbonyl (C=O) groups is 2. The van der Waals surface area contributed by atoms with Gasteiger partial charge in [-0.2, -0.15) is 0 Å². The second kappa shape index (κ2) is 9.01. The summed E-state index contributed by atoms with van der Waals surface area (Å²) in [4.78, 5) is 32.8. The number of ketones is 1. The normalized spacial score (nSPS) is 20.9. The number of Topliss-reactive ketones (excluding diaryl/α,β-unsaturated/α-hetero) is 1. The third kappa shape index (κ3) is 4.24. The first-order valence-electron chi connectivity index (χ1n) is 12.5. The Kier molecular flexibility index (Phi) is 5.89. The number of thiophene rings is 1. The highest BCUT2D eigenvalue weighted by atomic mass is 32.1. The summed E-state index contributed by atoms with van der Waals surface area (Å²) >= 11 is 1.36. The molecule has 1 unspecified atom stereocenters. The number of hydrogen-bond donors (Lipinski definition) is 2. The van der Waals surface area contributed by atoms with E-state index in [4.69, 9.17) is 4.74 Å². The Morgan fingerprint density at radius 1 is 1.22 bits per heavy atom. The molecular weight excluding hydrogens is 493 g/mol. The largest absolute Gasteiger partial charge is 0.386 e. The van der Waals surface area contributed by atoms with Crippen LogP contribution in [0.1, 0.15) is 58.4 Å². The van der Waals surface area contributed by atoms with Crippen LogP contribution in [0, 0.1) is 11.7 Å². The van der Waals surface area contributed by atoms with Crippen LogP contribution in [-0.2, 0) is 4.74 Å². The minimum Gasteiger partial charge on any atom is -0.386 e. The minimum absolute atomic E-state index is 0.0296. The van der Waals surface area contributed by atoms with E-state index >= 15 is 4.39 Å². The topological polar surface area (TPSA) is 91.8 Å². The van der Waals surface area contributed by atoms with Crippen molar-refractivity contribution in [2.24, 2.45) is 5.92 Å². The number of aromatic nitrogens is 1. The quantitative estimate of drug-likeness (QED) is 0.477. The molecule has 1 saturated heterocycles. The highest BCUT2D eigenvalue weighted by molar-refractivity contribution is 7.19. The Balaban J connectivity index is 1.50. The van der Waals surface area contributed by atoms with Crippen LogP contribution < -0.4 is 10.2 Å². The minimum atomic E-state index is -0.936. The molecule has 3 aromatic rings. The van der Waals surface area contributed by atoms with Gasteiger partial charge >= 0.3 is 0 Å². The van der Waals surface area contributed by atoms with Crippen LogP contribution in [-0.4, -0.2) is 53.6 Å². The van der Waals surface area contributed by atoms with Crippen molar-refractivity contribution in [3.8, 4) is 22.4 Å². The van der Waals surface area contributed by atoms with Crippen molar-refractivity contribution < 1.29 is 23.8 Å². The van der Waals surface area contributed by atoms with Crippen molar-refractivity contribution in [3.63, 3.8) is 0 Å². The summed E-state index contributed by atoms with van der Waals surface area (Å²) in [5, 5.41) is 15.2. The van der Waals surface area contributed by atoms with Crippen LogP contribution >= 0.6 is 11.3 Å². The van der Waals surface area contributed by atoms with Gasteiger partial charge in [-0.25, -0.2) is 4.39 Å². The molecule has 37 heavy (non-hydrogen) atoms. The Hall–Kier alpha value is -3.14. The van der Waals surface area contributed by atoms with Crippen molar-refractivity contribution >= 4 is 28.0 Å². The lowest BCUT2D eigenvalue weighted by atomic mass is 9.84. The lowest BCUT2D eigenvalue weighted by Gasteiger charge is -2.36. The van der Waals surface area contributed by atoms with Gasteiger partial charge in [0, 0.05) is 47.5 Å². The van der Waals surface area contributed by atoms with Crippen molar-refractivity contribution in [1.82, 2.24) is 10.3 Å². The maximum Gasteiger partial charge on any atom is 0.262 e. The van der Waals surface area contributed by atoms with Gasteiger partial charge in [0.05, 0.1) is 24.4 Å². The third-order valence-corrected chi connectivity index (χ3v) is 8.61. The number of anilines is 1. The highest BCUT2D eigenvalue weighted by Gasteiger charge is 2.43. The summed E-state index contributed by atoms with van der Waals surface area (Å²) in [5.41, 5.74) is 2.34. The monoisotopic (exact) mass is 521 g/mol. The molecule has 1 amide bonds. The van der Waals surface area contributed by atoms with E-state index in [1.807, 2.05) is 6.07 Å². The molecule has 0 spiro atoms. The van der Waals surface area contributed by atoms with Gasteiger partial charge in [0.15, 0.2) is 5.78 Å². The predicted octanol–water partition coefficient (Wildman–Crippen LogP) is 4.60. The van der Waals surface area contributed by atoms with E-state index in [1.54, 1.807) is 32.2 Å². The summed E-state index contributed by atoms with van der Waals surface area (Å²) in [6.45, 7) is 6.04. The number of pyridine rings is 1. The molecule has 0 bridgehead atoms. The van der Waals surface area contributed by atoms with Crippen molar-refractivity contribution in [1.29, 1.82) is 0 Å². The predicted molar refractivity (Wildman–Crippen MR) is 140 cm³/mol. The first kappa shape index (κ1) is 24.2. The standard InChI is InChI=1S/C28H28FN3O4S/c1-28(2)25(34)22-21(27(32-9-11-36-12-10-32)37-24(22)26(35)31-28)16-7-8-30-20(14-16)18-13-17(5-6-19(18)29)23(33)15-3-4-15/h5-8,13-15,25,34H,3-4,9-12H2,1-2H3,(H,31,35). The summed E-state index contributed by atoms with van der Waals surface area (Å²) in [7, 11) is 0. The highest BCUT2D eigenvalue weighted by Crippen LogP contribution is 2.50. The Morgan fingerprint density at radius 2 is 1.97 bits per heavy atom. The van der Waals surface area contributed by atoms with Gasteiger partial charge in [-0.1, -0.05) is 0 Å². The van der Waals surface area contributed by atoms with Gasteiger partial charge < -0.3 is 20.1 Å². The van der Waals surface area contributed by atoms with Gasteiger partial charge in [0.1, 0.15) is 21.8 Å². The molecule has 2 aromatic heterocycles. The zero-order valence-corrected chi connectivity index (χ0v) is 21.5. The number of amides is 1. The third-order valence-electron chi connectivity index (χ3n) is 7.35. The molecule has 7 nitrogen and oxygen atoms in total. The number of carbonyl (C=O) groups excluding carboxylic acids is 2. The molecular formula is C28H28FN3O4S. The lowest BCUT2D eigenvalue weighted by molar-refractivity contribution is 0.0558. The second-order valence-electron chi connectivity index (χ2n) is 10.5. The van der Waals surface area contributed by atoms with E-state index in [1.165, 1.54) is 23.5 Å². The molecule has 1 saturated carbocycles. The first-order valence-corrected chi connectivity index (χ1v) is 13.4. The van der Waals surface area contributed by atoms with Crippen LogP contribution in [0.3, 0.4) is 0 Å². The van der Waals surface area contributed by atoms with E-state index in [9.17, 15) is 14.7 Å². The SMILES string of the molecule is CC1(C)NC(=O)c2sc(N3CCOCC3)c(-c3ccnc(-c4cc(C(=O)C5CC5)ccc4F)c3)c2C1O. The van der Waals surface area contributed by atoms with E-state index in [0.29, 0.717) is 48.0 Å². The van der Waals surface area contributed by atoms with Crippen molar-refractivity contribution in [3.05, 3.63) is 58.3 Å². The fourth-order valence-electron chi connectivity index (χ4n) is 5.10. The van der Waals surface area contributed by atoms with Crippen LogP contribution in [0.4, 0.5) is 9.39 Å². The van der Waals surface area contributed by atoms with Gasteiger partial charge in [0.2, 0.25) is 0 Å². The zero-order chi connectivity index (χ0) is 25.9. The van der Waals surface area contributed by atoms with Gasteiger partial charge in [0.25, 0.3) is 5.91 Å². The smallest absolute Gasteiger partial charge is 0.262 e. The van der Waals surface area contributed by atoms with Gasteiger partial charge in [-0.05, 0) is 62.6 Å². The molecule has 6 rings (SSSR count). The maximum atomic E-state index is 15.0. The number of ether oxygens (including phenoxy) is 1. The molecule has 0 radical (unpaired) electrons. The number of fused-ring (bicyclic) bond motifs is 1. The van der Waals surface area contributed by atoms with Crippen molar-refractivity contribution in [2.45, 2.75) is 38.3 Å². The number of hydrogen-bond acceptors (Lipinski definition) is 7. The van der Waals surface area contributed by atoms with Crippen LogP contribution in [0.15, 0.2) is 36.5 Å². The molecule has 4 heterocycles. The van der Waals surface area contributed by atoms with E-state index < -0.39 is 17.5 Å². The molecule has 3 aliphatic rings. The first-order chi connectivity index (χ1) is 17.7. The van der Waals surface area contributed by atoms with E-state index in [0.717, 1.165) is 29.0 Å². The summed E-state index contributed by atoms with van der Waals surface area (Å²) < 4.78 is 20.5. The molecule has 1 aliphatic carbocycles. The van der Waals surface area contributed by atoms with Crippen LogP contribution in [0.25, 0.3) is 22.4 Å². The summed E-state index contributed by atoms with van der Waals surface area (Å²) in [6.07, 6.45) is 2.42.